The summed E-state index contributed by atoms with van der Waals surface area (Å²) in [5.41, 5.74) is 0. The molecule has 16 heavy (non-hydrogen) atoms. The van der Waals surface area contributed by atoms with Crippen LogP contribution in [-0.2, 0) is 17.1 Å². The van der Waals surface area contributed by atoms with Gasteiger partial charge in [0.15, 0.2) is 5.03 Å². The van der Waals surface area contributed by atoms with Crippen molar-refractivity contribution in [1.82, 2.24) is 24.6 Å². The molecule has 0 bridgehead atoms. The number of hydrogen-bond acceptors (Lipinski definition) is 5. The van der Waals surface area contributed by atoms with Gasteiger partial charge in [-0.2, -0.15) is 4.31 Å². The Bertz CT molecular complexity index is 469. The summed E-state index contributed by atoms with van der Waals surface area (Å²) < 4.78 is 27.2. The Hall–Kier alpha value is -0.990. The predicted octanol–water partition coefficient (Wildman–Crippen LogP) is -1.20. The normalized spacial score (nSPS) is 23.5. The van der Waals surface area contributed by atoms with Crippen molar-refractivity contribution in [1.29, 1.82) is 0 Å². The second-order valence-electron chi connectivity index (χ2n) is 3.91. The fourth-order valence-electron chi connectivity index (χ4n) is 1.76. The molecule has 7 nitrogen and oxygen atoms in total. The van der Waals surface area contributed by atoms with Crippen LogP contribution in [0.15, 0.2) is 11.2 Å². The molecule has 0 unspecified atom stereocenters. The molecular formula is C8H15N5O2S. The monoisotopic (exact) mass is 245 g/mol. The number of nitrogens with one attached hydrogen (secondary N) is 1. The van der Waals surface area contributed by atoms with Gasteiger partial charge in [0.05, 0.1) is 6.20 Å². The molecule has 1 atom stereocenters. The maximum Gasteiger partial charge on any atom is 0.261 e. The van der Waals surface area contributed by atoms with E-state index in [0.717, 1.165) is 0 Å². The van der Waals surface area contributed by atoms with E-state index in [4.69, 9.17) is 0 Å². The first kappa shape index (κ1) is 11.5. The Morgan fingerprint density at radius 1 is 1.56 bits per heavy atom. The van der Waals surface area contributed by atoms with Crippen LogP contribution in [0.3, 0.4) is 0 Å². The molecule has 1 saturated heterocycles. The van der Waals surface area contributed by atoms with Gasteiger partial charge in [-0.25, -0.2) is 13.1 Å². The highest BCUT2D eigenvalue weighted by atomic mass is 32.2. The summed E-state index contributed by atoms with van der Waals surface area (Å²) in [5, 5.41) is 10.6. The number of hydrogen-bond donors (Lipinski definition) is 1. The molecule has 90 valence electrons. The van der Waals surface area contributed by atoms with Crippen LogP contribution >= 0.6 is 0 Å². The lowest BCUT2D eigenvalue weighted by Crippen LogP contribution is -2.51. The lowest BCUT2D eigenvalue weighted by molar-refractivity contribution is 0.308. The van der Waals surface area contributed by atoms with E-state index in [1.54, 1.807) is 7.05 Å². The Kier molecular flexibility index (Phi) is 2.96. The molecule has 0 radical (unpaired) electrons. The van der Waals surface area contributed by atoms with Crippen molar-refractivity contribution in [2.24, 2.45) is 7.05 Å². The van der Waals surface area contributed by atoms with Crippen molar-refractivity contribution < 1.29 is 8.42 Å². The largest absolute Gasteiger partial charge is 0.312 e. The second-order valence-corrected chi connectivity index (χ2v) is 5.80. The van der Waals surface area contributed by atoms with Crippen LogP contribution in [0.2, 0.25) is 0 Å². The highest BCUT2D eigenvalue weighted by molar-refractivity contribution is 7.89. The van der Waals surface area contributed by atoms with Crippen LogP contribution in [0.1, 0.15) is 6.92 Å². The van der Waals surface area contributed by atoms with Crippen LogP contribution in [0.5, 0.6) is 0 Å². The molecule has 1 aliphatic rings. The van der Waals surface area contributed by atoms with Gasteiger partial charge in [0.1, 0.15) is 0 Å². The fraction of sp³-hybridized carbons (Fsp3) is 0.750. The average Bonchev–Trinajstić information content (AvgIpc) is 2.65. The minimum atomic E-state index is -3.45. The van der Waals surface area contributed by atoms with Gasteiger partial charge in [-0.05, 0) is 6.92 Å². The summed E-state index contributed by atoms with van der Waals surface area (Å²) in [7, 11) is -1.88. The molecule has 0 aliphatic carbocycles. The minimum absolute atomic E-state index is 0.140. The van der Waals surface area contributed by atoms with E-state index < -0.39 is 10.0 Å². The zero-order valence-electron chi connectivity index (χ0n) is 9.29. The maximum absolute atomic E-state index is 12.2. The number of aryl methyl sites for hydroxylation is 1. The SMILES string of the molecule is C[C@@H]1CN(S(=O)(=O)c2cnnn2C)CCN1. The maximum atomic E-state index is 12.2. The van der Waals surface area contributed by atoms with Crippen LogP contribution in [0.25, 0.3) is 0 Å². The number of sulfonamides is 1. The summed E-state index contributed by atoms with van der Waals surface area (Å²) in [5.74, 6) is 0. The first-order chi connectivity index (χ1) is 7.51. The third-order valence-corrected chi connectivity index (χ3v) is 4.52. The lowest BCUT2D eigenvalue weighted by atomic mass is 10.3. The third-order valence-electron chi connectivity index (χ3n) is 2.61. The Balaban J connectivity index is 2.29. The van der Waals surface area contributed by atoms with Gasteiger partial charge in [0, 0.05) is 32.7 Å². The molecule has 1 N–H and O–H groups in total. The number of aromatic nitrogens is 3. The third kappa shape index (κ3) is 1.95. The van der Waals surface area contributed by atoms with E-state index in [2.05, 4.69) is 15.6 Å². The van der Waals surface area contributed by atoms with Crippen molar-refractivity contribution in [3.8, 4) is 0 Å². The van der Waals surface area contributed by atoms with Crippen LogP contribution in [0, 0.1) is 0 Å². The molecule has 0 spiro atoms. The molecule has 1 aromatic heterocycles. The van der Waals surface area contributed by atoms with Crippen molar-refractivity contribution in [2.75, 3.05) is 19.6 Å². The molecule has 1 aromatic rings. The molecule has 2 rings (SSSR count). The fourth-order valence-corrected chi connectivity index (χ4v) is 3.33. The first-order valence-electron chi connectivity index (χ1n) is 5.10. The zero-order chi connectivity index (χ0) is 11.8. The number of nitrogens with zero attached hydrogens (tertiary/aromatic N) is 4. The average molecular weight is 245 g/mol. The zero-order valence-corrected chi connectivity index (χ0v) is 10.1. The lowest BCUT2D eigenvalue weighted by Gasteiger charge is -2.30. The van der Waals surface area contributed by atoms with E-state index in [1.807, 2.05) is 6.92 Å². The minimum Gasteiger partial charge on any atom is -0.312 e. The van der Waals surface area contributed by atoms with Gasteiger partial charge in [0.25, 0.3) is 10.0 Å². The first-order valence-corrected chi connectivity index (χ1v) is 6.54. The predicted molar refractivity (Wildman–Crippen MR) is 57.2 cm³/mol. The Morgan fingerprint density at radius 2 is 2.31 bits per heavy atom. The second kappa shape index (κ2) is 4.11. The van der Waals surface area contributed by atoms with Crippen molar-refractivity contribution in [3.05, 3.63) is 6.20 Å². The Morgan fingerprint density at radius 3 is 2.88 bits per heavy atom. The molecule has 8 heteroatoms. The molecule has 1 fully saturated rings. The van der Waals surface area contributed by atoms with Crippen molar-refractivity contribution in [3.63, 3.8) is 0 Å². The van der Waals surface area contributed by atoms with Crippen LogP contribution in [0.4, 0.5) is 0 Å². The summed E-state index contributed by atoms with van der Waals surface area (Å²) in [6.45, 7) is 3.60. The number of piperazine rings is 1. The highest BCUT2D eigenvalue weighted by Crippen LogP contribution is 2.14. The van der Waals surface area contributed by atoms with E-state index in [1.165, 1.54) is 15.2 Å². The molecule has 1 aliphatic heterocycles. The summed E-state index contributed by atoms with van der Waals surface area (Å²) in [4.78, 5) is 0. The van der Waals surface area contributed by atoms with E-state index in [9.17, 15) is 8.42 Å². The van der Waals surface area contributed by atoms with Gasteiger partial charge in [-0.1, -0.05) is 5.21 Å². The topological polar surface area (TPSA) is 80.1 Å². The molecule has 2 heterocycles. The van der Waals surface area contributed by atoms with E-state index >= 15 is 0 Å². The molecule has 0 aromatic carbocycles. The van der Waals surface area contributed by atoms with Gasteiger partial charge >= 0.3 is 0 Å². The number of rotatable bonds is 2. The van der Waals surface area contributed by atoms with E-state index in [0.29, 0.717) is 19.6 Å². The highest BCUT2D eigenvalue weighted by Gasteiger charge is 2.30. The quantitative estimate of drug-likeness (QED) is 0.708. The van der Waals surface area contributed by atoms with E-state index in [-0.39, 0.29) is 11.1 Å². The summed E-state index contributed by atoms with van der Waals surface area (Å²) in [6, 6.07) is 0.171. The summed E-state index contributed by atoms with van der Waals surface area (Å²) >= 11 is 0. The molecular weight excluding hydrogens is 230 g/mol. The standard InChI is InChI=1S/C8H15N5O2S/c1-7-6-13(4-3-9-7)16(14,15)8-5-10-11-12(8)2/h5,7,9H,3-4,6H2,1-2H3/t7-/m1/s1. The summed E-state index contributed by atoms with van der Waals surface area (Å²) in [6.07, 6.45) is 1.28. The van der Waals surface area contributed by atoms with Gasteiger partial charge in [-0.3, -0.25) is 0 Å². The van der Waals surface area contributed by atoms with Gasteiger partial charge in [-0.15, -0.1) is 5.10 Å². The van der Waals surface area contributed by atoms with Gasteiger partial charge in [0.2, 0.25) is 0 Å². The van der Waals surface area contributed by atoms with Crippen molar-refractivity contribution >= 4 is 10.0 Å². The molecule has 0 amide bonds. The molecule has 0 saturated carbocycles. The van der Waals surface area contributed by atoms with Gasteiger partial charge < -0.3 is 5.32 Å². The van der Waals surface area contributed by atoms with Crippen LogP contribution < -0.4 is 5.32 Å². The smallest absolute Gasteiger partial charge is 0.261 e. The Labute approximate surface area is 94.5 Å². The van der Waals surface area contributed by atoms with Crippen LogP contribution in [-0.4, -0.2) is 53.4 Å². The van der Waals surface area contributed by atoms with Crippen molar-refractivity contribution in [2.45, 2.75) is 18.0 Å².